The number of halogens is 1. The number of amides is 2. The molecular formula is C18H15BrN6O2. The third-order valence-electron chi connectivity index (χ3n) is 5.14. The number of carbonyl (C=O) groups excluding carboxylic acids is 2. The fourth-order valence-electron chi connectivity index (χ4n) is 3.68. The number of nitrogens with zero attached hydrogens (tertiary/aromatic N) is 5. The highest BCUT2D eigenvalue weighted by Crippen LogP contribution is 2.52. The highest BCUT2D eigenvalue weighted by molar-refractivity contribution is 9.10. The number of nitrogens with one attached hydrogen (secondary N) is 1. The molecular weight excluding hydrogens is 412 g/mol. The van der Waals surface area contributed by atoms with Crippen LogP contribution in [-0.4, -0.2) is 49.4 Å². The summed E-state index contributed by atoms with van der Waals surface area (Å²) < 4.78 is 2.50. The SMILES string of the molecule is O=C(CN1CC2(CC2)c2cc(Br)ccc2C1=O)Nc1nc2cnccn2n1. The van der Waals surface area contributed by atoms with Gasteiger partial charge in [-0.1, -0.05) is 15.9 Å². The number of hydrogen-bond acceptors (Lipinski definition) is 5. The highest BCUT2D eigenvalue weighted by Gasteiger charge is 2.51. The zero-order valence-electron chi connectivity index (χ0n) is 14.2. The van der Waals surface area contributed by atoms with E-state index in [4.69, 9.17) is 0 Å². The van der Waals surface area contributed by atoms with Gasteiger partial charge in [0.05, 0.1) is 6.20 Å². The van der Waals surface area contributed by atoms with Crippen molar-refractivity contribution in [2.75, 3.05) is 18.4 Å². The molecule has 1 spiro atoms. The van der Waals surface area contributed by atoms with E-state index < -0.39 is 0 Å². The minimum Gasteiger partial charge on any atom is -0.328 e. The van der Waals surface area contributed by atoms with Gasteiger partial charge in [-0.3, -0.25) is 19.9 Å². The Balaban J connectivity index is 1.35. The Labute approximate surface area is 162 Å². The molecule has 1 aromatic carbocycles. The third-order valence-corrected chi connectivity index (χ3v) is 5.64. The average Bonchev–Trinajstić information content (AvgIpc) is 3.30. The van der Waals surface area contributed by atoms with E-state index in [9.17, 15) is 9.59 Å². The van der Waals surface area contributed by atoms with Crippen LogP contribution >= 0.6 is 15.9 Å². The molecule has 2 amide bonds. The van der Waals surface area contributed by atoms with Gasteiger partial charge in [0.25, 0.3) is 5.91 Å². The average molecular weight is 427 g/mol. The summed E-state index contributed by atoms with van der Waals surface area (Å²) in [5.41, 5.74) is 2.30. The smallest absolute Gasteiger partial charge is 0.254 e. The first-order valence-corrected chi connectivity index (χ1v) is 9.39. The molecule has 136 valence electrons. The van der Waals surface area contributed by atoms with Crippen LogP contribution in [0.4, 0.5) is 5.95 Å². The van der Waals surface area contributed by atoms with Crippen LogP contribution in [0, 0.1) is 0 Å². The summed E-state index contributed by atoms with van der Waals surface area (Å²) in [7, 11) is 0. The predicted molar refractivity (Wildman–Crippen MR) is 100 cm³/mol. The van der Waals surface area contributed by atoms with Crippen molar-refractivity contribution >= 4 is 39.3 Å². The summed E-state index contributed by atoms with van der Waals surface area (Å²) >= 11 is 3.49. The molecule has 0 radical (unpaired) electrons. The Hall–Kier alpha value is -2.81. The Morgan fingerprint density at radius 1 is 1.33 bits per heavy atom. The van der Waals surface area contributed by atoms with E-state index in [2.05, 4.69) is 36.3 Å². The zero-order valence-corrected chi connectivity index (χ0v) is 15.8. The second-order valence-electron chi connectivity index (χ2n) is 6.99. The Kier molecular flexibility index (Phi) is 3.55. The Morgan fingerprint density at radius 3 is 2.96 bits per heavy atom. The lowest BCUT2D eigenvalue weighted by molar-refractivity contribution is -0.117. The first-order valence-electron chi connectivity index (χ1n) is 8.60. The van der Waals surface area contributed by atoms with Crippen molar-refractivity contribution < 1.29 is 9.59 Å². The van der Waals surface area contributed by atoms with Crippen LogP contribution in [0.5, 0.6) is 0 Å². The maximum absolute atomic E-state index is 12.9. The topological polar surface area (TPSA) is 92.5 Å². The summed E-state index contributed by atoms with van der Waals surface area (Å²) in [6.45, 7) is 0.537. The van der Waals surface area contributed by atoms with Crippen molar-refractivity contribution in [2.45, 2.75) is 18.3 Å². The van der Waals surface area contributed by atoms with Crippen LogP contribution < -0.4 is 5.32 Å². The molecule has 3 aromatic rings. The first-order chi connectivity index (χ1) is 13.0. The van der Waals surface area contributed by atoms with Crippen molar-refractivity contribution in [3.05, 3.63) is 52.4 Å². The molecule has 2 aromatic heterocycles. The van der Waals surface area contributed by atoms with E-state index in [0.717, 1.165) is 22.9 Å². The first kappa shape index (κ1) is 16.4. The summed E-state index contributed by atoms with van der Waals surface area (Å²) in [5, 5.41) is 6.85. The van der Waals surface area contributed by atoms with Crippen LogP contribution in [0.1, 0.15) is 28.8 Å². The van der Waals surface area contributed by atoms with Crippen LogP contribution in [0.15, 0.2) is 41.3 Å². The van der Waals surface area contributed by atoms with Crippen LogP contribution in [0.25, 0.3) is 5.65 Å². The number of benzene rings is 1. The van der Waals surface area contributed by atoms with Gasteiger partial charge >= 0.3 is 0 Å². The van der Waals surface area contributed by atoms with Gasteiger partial charge in [-0.2, -0.15) is 4.98 Å². The van der Waals surface area contributed by atoms with E-state index in [-0.39, 0.29) is 29.7 Å². The normalized spacial score (nSPS) is 17.2. The summed E-state index contributed by atoms with van der Waals surface area (Å²) in [6, 6.07) is 5.74. The van der Waals surface area contributed by atoms with Gasteiger partial charge in [-0.25, -0.2) is 4.52 Å². The molecule has 0 bridgehead atoms. The number of aromatic nitrogens is 4. The number of fused-ring (bicyclic) bond motifs is 3. The quantitative estimate of drug-likeness (QED) is 0.691. The Bertz CT molecular complexity index is 1060. The molecule has 1 aliphatic carbocycles. The van der Waals surface area contributed by atoms with Gasteiger partial charge in [-0.05, 0) is 36.6 Å². The van der Waals surface area contributed by atoms with Gasteiger partial charge < -0.3 is 4.90 Å². The molecule has 2 aliphatic rings. The largest absolute Gasteiger partial charge is 0.328 e. The molecule has 1 N–H and O–H groups in total. The predicted octanol–water partition coefficient (Wildman–Crippen LogP) is 2.01. The number of anilines is 1. The van der Waals surface area contributed by atoms with E-state index in [1.165, 1.54) is 4.52 Å². The fourth-order valence-corrected chi connectivity index (χ4v) is 4.04. The highest BCUT2D eigenvalue weighted by atomic mass is 79.9. The second kappa shape index (κ2) is 5.85. The van der Waals surface area contributed by atoms with Crippen LogP contribution in [0.2, 0.25) is 0 Å². The van der Waals surface area contributed by atoms with Gasteiger partial charge in [0.2, 0.25) is 11.9 Å². The maximum atomic E-state index is 12.9. The van der Waals surface area contributed by atoms with Gasteiger partial charge in [0.15, 0.2) is 5.65 Å². The number of rotatable bonds is 3. The van der Waals surface area contributed by atoms with Crippen LogP contribution in [-0.2, 0) is 10.2 Å². The van der Waals surface area contributed by atoms with E-state index in [0.29, 0.717) is 17.8 Å². The molecule has 1 aliphatic heterocycles. The molecule has 27 heavy (non-hydrogen) atoms. The number of hydrogen-bond donors (Lipinski definition) is 1. The van der Waals surface area contributed by atoms with E-state index in [1.807, 2.05) is 18.2 Å². The van der Waals surface area contributed by atoms with Crippen molar-refractivity contribution in [2.24, 2.45) is 0 Å². The molecule has 1 fully saturated rings. The Morgan fingerprint density at radius 2 is 2.19 bits per heavy atom. The third kappa shape index (κ3) is 2.78. The lowest BCUT2D eigenvalue weighted by atomic mass is 9.86. The molecule has 1 saturated carbocycles. The molecule has 0 atom stereocenters. The number of carbonyl (C=O) groups is 2. The molecule has 5 rings (SSSR count). The van der Waals surface area contributed by atoms with Crippen molar-refractivity contribution in [3.8, 4) is 0 Å². The second-order valence-corrected chi connectivity index (χ2v) is 7.91. The molecule has 0 saturated heterocycles. The standard InChI is InChI=1S/C18H15BrN6O2/c19-11-1-2-12-13(7-11)18(3-4-18)10-24(16(12)27)9-15(26)22-17-21-14-8-20-5-6-25(14)23-17/h1-2,5-8H,3-4,9-10H2,(H,22,23,26). The molecule has 3 heterocycles. The minimum absolute atomic E-state index is 0.0136. The van der Waals surface area contributed by atoms with Gasteiger partial charge in [-0.15, -0.1) is 5.10 Å². The molecule has 9 heteroatoms. The maximum Gasteiger partial charge on any atom is 0.254 e. The summed E-state index contributed by atoms with van der Waals surface area (Å²) in [6.07, 6.45) is 6.86. The van der Waals surface area contributed by atoms with Crippen molar-refractivity contribution in [1.82, 2.24) is 24.5 Å². The van der Waals surface area contributed by atoms with Gasteiger partial charge in [0, 0.05) is 34.4 Å². The van der Waals surface area contributed by atoms with E-state index >= 15 is 0 Å². The molecule has 0 unspecified atom stereocenters. The zero-order chi connectivity index (χ0) is 18.6. The van der Waals surface area contributed by atoms with Crippen LogP contribution in [0.3, 0.4) is 0 Å². The summed E-state index contributed by atoms with van der Waals surface area (Å²) in [4.78, 5) is 35.1. The molecule has 8 nitrogen and oxygen atoms in total. The lowest BCUT2D eigenvalue weighted by Gasteiger charge is -2.34. The fraction of sp³-hybridized carbons (Fsp3) is 0.278. The minimum atomic E-state index is -0.316. The monoisotopic (exact) mass is 426 g/mol. The van der Waals surface area contributed by atoms with Crippen molar-refractivity contribution in [1.29, 1.82) is 0 Å². The summed E-state index contributed by atoms with van der Waals surface area (Å²) in [5.74, 6) is -0.233. The van der Waals surface area contributed by atoms with Crippen molar-refractivity contribution in [3.63, 3.8) is 0 Å². The lowest BCUT2D eigenvalue weighted by Crippen LogP contribution is -2.46. The van der Waals surface area contributed by atoms with E-state index in [1.54, 1.807) is 23.5 Å². The van der Waals surface area contributed by atoms with Gasteiger partial charge in [0.1, 0.15) is 6.54 Å².